The molecular weight excluding hydrogens is 551 g/mol. The van der Waals surface area contributed by atoms with Crippen LogP contribution in [0.2, 0.25) is 0 Å². The van der Waals surface area contributed by atoms with E-state index in [1.54, 1.807) is 0 Å². The third-order valence-corrected chi connectivity index (χ3v) is 4.76. The van der Waals surface area contributed by atoms with Gasteiger partial charge in [-0.1, -0.05) is 0 Å². The van der Waals surface area contributed by atoms with Gasteiger partial charge in [-0.2, -0.15) is 0 Å². The number of carbonyl (C=O) groups is 2. The molecule has 0 unspecified atom stereocenters. The number of hydrogen-bond donors (Lipinski definition) is 3. The van der Waals surface area contributed by atoms with Crippen molar-refractivity contribution in [2.45, 2.75) is 18.2 Å². The standard InChI is InChI=1S/C22H16B2F5N3O8/c23-20(24,35)38-15-8-10(37-21(25,26)27)1-2-12(15)36-13-3-4-14-17(40-22(28,29)39-14)16(13)19(34)32-9-5-6-31-11(7-9)18(30)33/h1-8,35H,23-24H2,(H2,30,33)(H,31,32,34). The summed E-state index contributed by atoms with van der Waals surface area (Å²) in [5, 5.41) is 12.4. The second-order valence-corrected chi connectivity index (χ2v) is 8.49. The lowest BCUT2D eigenvalue weighted by atomic mass is 9.76. The molecule has 0 radical (unpaired) electrons. The Labute approximate surface area is 222 Å². The number of nitrogens with one attached hydrogen (secondary N) is 1. The van der Waals surface area contributed by atoms with Crippen LogP contribution in [0.1, 0.15) is 20.8 Å². The SMILES string of the molecule is BC(B)(O)Oc1cc(OC(F)(F)F)ccc1Oc1ccc2c(c1C(=O)Nc1ccnc(C(N)=O)c1)OC(F)(F)O2. The highest BCUT2D eigenvalue weighted by atomic mass is 19.4. The van der Waals surface area contributed by atoms with Gasteiger partial charge in [0.25, 0.3) is 11.8 Å². The van der Waals surface area contributed by atoms with Gasteiger partial charge in [0.05, 0.1) is 0 Å². The average molecular weight is 567 g/mol. The summed E-state index contributed by atoms with van der Waals surface area (Å²) in [4.78, 5) is 28.4. The van der Waals surface area contributed by atoms with Gasteiger partial charge in [0.1, 0.15) is 28.3 Å². The Bertz CT molecular complexity index is 1480. The maximum atomic E-state index is 13.9. The van der Waals surface area contributed by atoms with E-state index in [1.807, 2.05) is 0 Å². The smallest absolute Gasteiger partial charge is 0.476 e. The average Bonchev–Trinajstić information content (AvgIpc) is 3.12. The van der Waals surface area contributed by atoms with Gasteiger partial charge in [-0.25, -0.2) is 0 Å². The summed E-state index contributed by atoms with van der Waals surface area (Å²) in [5.74, 6) is -5.24. The number of hydrogen-bond acceptors (Lipinski definition) is 9. The fourth-order valence-corrected chi connectivity index (χ4v) is 3.37. The summed E-state index contributed by atoms with van der Waals surface area (Å²) in [7, 11) is 2.34. The summed E-state index contributed by atoms with van der Waals surface area (Å²) in [5.41, 5.74) is 2.41. The first-order valence-electron chi connectivity index (χ1n) is 11.0. The maximum absolute atomic E-state index is 13.9. The fraction of sp³-hybridized carbons (Fsp3) is 0.136. The number of carbonyl (C=O) groups excluding carboxylic acids is 2. The van der Waals surface area contributed by atoms with E-state index in [0.717, 1.165) is 42.6 Å². The number of anilines is 1. The molecule has 4 N–H and O–H groups in total. The summed E-state index contributed by atoms with van der Waals surface area (Å²) in [6.07, 6.45) is -8.04. The van der Waals surface area contributed by atoms with Crippen LogP contribution in [0.15, 0.2) is 48.7 Å². The molecule has 208 valence electrons. The Morgan fingerprint density at radius 2 is 1.70 bits per heavy atom. The van der Waals surface area contributed by atoms with E-state index in [0.29, 0.717) is 0 Å². The Morgan fingerprint density at radius 1 is 1.00 bits per heavy atom. The van der Waals surface area contributed by atoms with Crippen LogP contribution in [-0.2, 0) is 0 Å². The van der Waals surface area contributed by atoms with Crippen molar-refractivity contribution in [1.29, 1.82) is 0 Å². The van der Waals surface area contributed by atoms with E-state index >= 15 is 0 Å². The van der Waals surface area contributed by atoms with Crippen molar-refractivity contribution in [3.05, 3.63) is 59.9 Å². The Hall–Kier alpha value is -4.73. The molecule has 0 saturated heterocycles. The predicted octanol–water partition coefficient (Wildman–Crippen LogP) is 1.69. The van der Waals surface area contributed by atoms with E-state index in [1.165, 1.54) is 21.8 Å². The lowest BCUT2D eigenvalue weighted by Crippen LogP contribution is -2.36. The van der Waals surface area contributed by atoms with Crippen LogP contribution in [0.5, 0.6) is 34.5 Å². The van der Waals surface area contributed by atoms with Crippen molar-refractivity contribution in [3.63, 3.8) is 0 Å². The van der Waals surface area contributed by atoms with Crippen LogP contribution in [0, 0.1) is 0 Å². The highest BCUT2D eigenvalue weighted by molar-refractivity contribution is 6.37. The van der Waals surface area contributed by atoms with Crippen molar-refractivity contribution in [2.24, 2.45) is 5.73 Å². The Morgan fingerprint density at radius 3 is 2.35 bits per heavy atom. The number of aliphatic hydroxyl groups is 1. The first kappa shape index (κ1) is 28.3. The summed E-state index contributed by atoms with van der Waals surface area (Å²) in [6.45, 7) is 0. The minimum Gasteiger partial charge on any atom is -0.476 e. The molecule has 0 saturated carbocycles. The number of nitrogens with two attached hydrogens (primary N) is 1. The van der Waals surface area contributed by atoms with Gasteiger partial charge in [-0.05, 0) is 36.4 Å². The summed E-state index contributed by atoms with van der Waals surface area (Å²) in [6, 6.07) is 7.00. The number of pyridine rings is 1. The van der Waals surface area contributed by atoms with E-state index in [9.17, 15) is 36.6 Å². The van der Waals surface area contributed by atoms with Gasteiger partial charge in [0, 0.05) is 18.0 Å². The van der Waals surface area contributed by atoms with E-state index in [4.69, 9.17) is 15.2 Å². The number of rotatable bonds is 8. The largest absolute Gasteiger partial charge is 0.586 e. The zero-order chi connectivity index (χ0) is 29.5. The number of halogens is 5. The van der Waals surface area contributed by atoms with Crippen LogP contribution < -0.4 is 34.7 Å². The molecule has 0 spiro atoms. The minimum atomic E-state index is -5.05. The lowest BCUT2D eigenvalue weighted by Gasteiger charge is -2.23. The molecule has 2 amide bonds. The van der Waals surface area contributed by atoms with Crippen LogP contribution in [0.3, 0.4) is 0 Å². The van der Waals surface area contributed by atoms with Gasteiger partial charge in [-0.3, -0.25) is 14.6 Å². The second kappa shape index (κ2) is 10.1. The minimum absolute atomic E-state index is 0.0114. The quantitative estimate of drug-likeness (QED) is 0.210. The lowest BCUT2D eigenvalue weighted by molar-refractivity contribution is -0.286. The molecule has 18 heteroatoms. The molecule has 2 aromatic carbocycles. The van der Waals surface area contributed by atoms with E-state index in [2.05, 4.69) is 24.5 Å². The molecule has 1 aliphatic heterocycles. The number of nitrogens with zero attached hydrogens (tertiary/aromatic N) is 1. The van der Waals surface area contributed by atoms with Gasteiger partial charge in [-0.15, -0.1) is 22.0 Å². The first-order valence-corrected chi connectivity index (χ1v) is 11.0. The summed E-state index contributed by atoms with van der Waals surface area (Å²) < 4.78 is 89.7. The molecule has 40 heavy (non-hydrogen) atoms. The molecule has 0 fully saturated rings. The molecule has 0 atom stereocenters. The van der Waals surface area contributed by atoms with Crippen molar-refractivity contribution in [1.82, 2.24) is 4.98 Å². The number of fused-ring (bicyclic) bond motifs is 1. The number of amides is 2. The third kappa shape index (κ3) is 6.82. The van der Waals surface area contributed by atoms with Crippen LogP contribution in [0.25, 0.3) is 0 Å². The number of alkyl halides is 5. The predicted molar refractivity (Wildman–Crippen MR) is 129 cm³/mol. The Kier molecular flexibility index (Phi) is 7.14. The van der Waals surface area contributed by atoms with Gasteiger partial charge in [0.2, 0.25) is 0 Å². The molecule has 2 heterocycles. The van der Waals surface area contributed by atoms with Crippen LogP contribution in [0.4, 0.5) is 27.6 Å². The molecule has 4 rings (SSSR count). The third-order valence-electron chi connectivity index (χ3n) is 4.76. The number of ether oxygens (including phenoxy) is 5. The van der Waals surface area contributed by atoms with Crippen molar-refractivity contribution >= 4 is 33.2 Å². The number of primary amides is 1. The monoisotopic (exact) mass is 567 g/mol. The first-order chi connectivity index (χ1) is 18.5. The van der Waals surface area contributed by atoms with E-state index in [-0.39, 0.29) is 17.1 Å². The molecule has 0 bridgehead atoms. The normalized spacial score (nSPS) is 13.8. The van der Waals surface area contributed by atoms with E-state index < -0.39 is 64.4 Å². The van der Waals surface area contributed by atoms with Gasteiger partial charge in [0.15, 0.2) is 38.7 Å². The Balaban J connectivity index is 1.76. The fourth-order valence-electron chi connectivity index (χ4n) is 3.37. The van der Waals surface area contributed by atoms with Crippen LogP contribution >= 0.6 is 0 Å². The molecule has 1 aromatic heterocycles. The van der Waals surface area contributed by atoms with Gasteiger partial charge >= 0.3 is 12.7 Å². The highest BCUT2D eigenvalue weighted by Crippen LogP contribution is 2.48. The molecule has 1 aliphatic rings. The van der Waals surface area contributed by atoms with Crippen molar-refractivity contribution in [3.8, 4) is 34.5 Å². The molecular formula is C22H16B2F5N3O8. The van der Waals surface area contributed by atoms with Crippen molar-refractivity contribution < 1.29 is 60.3 Å². The topological polar surface area (TPSA) is 151 Å². The molecule has 11 nitrogen and oxygen atoms in total. The highest BCUT2D eigenvalue weighted by Gasteiger charge is 2.46. The zero-order valence-electron chi connectivity index (χ0n) is 20.3. The maximum Gasteiger partial charge on any atom is 0.586 e. The summed E-state index contributed by atoms with van der Waals surface area (Å²) >= 11 is 0. The van der Waals surface area contributed by atoms with Crippen molar-refractivity contribution in [2.75, 3.05) is 5.32 Å². The second-order valence-electron chi connectivity index (χ2n) is 8.49. The molecule has 0 aliphatic carbocycles. The zero-order valence-corrected chi connectivity index (χ0v) is 20.3. The van der Waals surface area contributed by atoms with Crippen LogP contribution in [-0.4, -0.2) is 55.8 Å². The number of benzene rings is 2. The van der Waals surface area contributed by atoms with Gasteiger partial charge < -0.3 is 39.8 Å². The molecule has 3 aromatic rings. The number of aromatic nitrogens is 1.